The van der Waals surface area contributed by atoms with Crippen LogP contribution in [-0.2, 0) is 6.42 Å². The Labute approximate surface area is 121 Å². The average Bonchev–Trinajstić information content (AvgIpc) is 2.48. The summed E-state index contributed by atoms with van der Waals surface area (Å²) < 4.78 is 0. The van der Waals surface area contributed by atoms with Crippen LogP contribution in [0.2, 0.25) is 0 Å². The molecule has 0 saturated heterocycles. The van der Waals surface area contributed by atoms with E-state index in [1.807, 2.05) is 30.3 Å². The van der Waals surface area contributed by atoms with Crippen LogP contribution in [0.5, 0.6) is 0 Å². The van der Waals surface area contributed by atoms with E-state index in [2.05, 4.69) is 0 Å². The lowest BCUT2D eigenvalue weighted by Crippen LogP contribution is -2.10. The zero-order chi connectivity index (χ0) is 15.2. The van der Waals surface area contributed by atoms with Crippen LogP contribution in [0, 0.1) is 10.1 Å². The van der Waals surface area contributed by atoms with E-state index in [1.54, 1.807) is 24.3 Å². The first-order valence-electron chi connectivity index (χ1n) is 6.35. The standard InChI is InChI=1S/C16H14N2O3/c17-16(19)14-8-6-13(7-9-14)11-15(18(20)21)10-12-4-2-1-3-5-12/h1-9,11H,10H2,(H2,17,19). The number of nitrogens with zero attached hydrogens (tertiary/aromatic N) is 1. The van der Waals surface area contributed by atoms with E-state index in [4.69, 9.17) is 5.73 Å². The Morgan fingerprint density at radius 2 is 1.71 bits per heavy atom. The molecule has 106 valence electrons. The maximum Gasteiger partial charge on any atom is 0.251 e. The van der Waals surface area contributed by atoms with Crippen LogP contribution in [-0.4, -0.2) is 10.8 Å². The van der Waals surface area contributed by atoms with Crippen molar-refractivity contribution in [3.8, 4) is 0 Å². The Morgan fingerprint density at radius 3 is 2.24 bits per heavy atom. The Bertz CT molecular complexity index is 676. The third kappa shape index (κ3) is 4.01. The van der Waals surface area contributed by atoms with E-state index in [9.17, 15) is 14.9 Å². The molecule has 0 unspecified atom stereocenters. The SMILES string of the molecule is NC(=O)c1ccc(C=C(Cc2ccccc2)[N+](=O)[O-])cc1. The van der Waals surface area contributed by atoms with Crippen molar-refractivity contribution in [2.75, 3.05) is 0 Å². The Kier molecular flexibility index (Phi) is 4.46. The summed E-state index contributed by atoms with van der Waals surface area (Å²) in [6.45, 7) is 0. The summed E-state index contributed by atoms with van der Waals surface area (Å²) in [5, 5.41) is 11.1. The molecule has 5 nitrogen and oxygen atoms in total. The van der Waals surface area contributed by atoms with Gasteiger partial charge in [-0.3, -0.25) is 14.9 Å². The summed E-state index contributed by atoms with van der Waals surface area (Å²) >= 11 is 0. The minimum atomic E-state index is -0.524. The smallest absolute Gasteiger partial charge is 0.251 e. The predicted octanol–water partition coefficient (Wildman–Crippen LogP) is 2.65. The fourth-order valence-corrected chi connectivity index (χ4v) is 1.91. The second kappa shape index (κ2) is 6.47. The van der Waals surface area contributed by atoms with Crippen molar-refractivity contribution in [3.63, 3.8) is 0 Å². The van der Waals surface area contributed by atoms with Gasteiger partial charge in [0.15, 0.2) is 0 Å². The number of hydrogen-bond acceptors (Lipinski definition) is 3. The highest BCUT2D eigenvalue weighted by Crippen LogP contribution is 2.14. The zero-order valence-corrected chi connectivity index (χ0v) is 11.2. The van der Waals surface area contributed by atoms with Crippen molar-refractivity contribution in [1.29, 1.82) is 0 Å². The molecule has 0 spiro atoms. The largest absolute Gasteiger partial charge is 0.366 e. The van der Waals surface area contributed by atoms with Gasteiger partial charge in [0.1, 0.15) is 0 Å². The molecule has 1 amide bonds. The number of primary amides is 1. The van der Waals surface area contributed by atoms with Crippen LogP contribution in [0.1, 0.15) is 21.5 Å². The highest BCUT2D eigenvalue weighted by Gasteiger charge is 2.12. The summed E-state index contributed by atoms with van der Waals surface area (Å²) in [6, 6.07) is 15.6. The van der Waals surface area contributed by atoms with E-state index in [-0.39, 0.29) is 12.1 Å². The lowest BCUT2D eigenvalue weighted by Gasteiger charge is -2.01. The predicted molar refractivity (Wildman–Crippen MR) is 80.1 cm³/mol. The first-order valence-corrected chi connectivity index (χ1v) is 6.35. The van der Waals surface area contributed by atoms with Crippen LogP contribution in [0.3, 0.4) is 0 Å². The van der Waals surface area contributed by atoms with Crippen molar-refractivity contribution in [2.24, 2.45) is 5.73 Å². The van der Waals surface area contributed by atoms with Crippen molar-refractivity contribution < 1.29 is 9.72 Å². The van der Waals surface area contributed by atoms with Gasteiger partial charge in [-0.1, -0.05) is 42.5 Å². The third-order valence-electron chi connectivity index (χ3n) is 2.99. The molecule has 5 heteroatoms. The normalized spacial score (nSPS) is 11.1. The number of carbonyl (C=O) groups is 1. The number of amides is 1. The molecular formula is C16H14N2O3. The molecule has 0 radical (unpaired) electrons. The van der Waals surface area contributed by atoms with Crippen LogP contribution < -0.4 is 5.73 Å². The number of allylic oxidation sites excluding steroid dienone is 1. The molecule has 2 aromatic carbocycles. The maximum atomic E-state index is 11.1. The van der Waals surface area contributed by atoms with Gasteiger partial charge in [0, 0.05) is 11.6 Å². The van der Waals surface area contributed by atoms with E-state index < -0.39 is 10.8 Å². The van der Waals surface area contributed by atoms with Gasteiger partial charge in [-0.2, -0.15) is 0 Å². The molecule has 2 aromatic rings. The molecule has 0 aliphatic heterocycles. The molecule has 2 N–H and O–H groups in total. The van der Waals surface area contributed by atoms with Crippen LogP contribution in [0.25, 0.3) is 6.08 Å². The number of rotatable bonds is 5. The summed E-state index contributed by atoms with van der Waals surface area (Å²) in [5.74, 6) is -0.524. The quantitative estimate of drug-likeness (QED) is 0.675. The van der Waals surface area contributed by atoms with Gasteiger partial charge < -0.3 is 5.73 Å². The Hall–Kier alpha value is -2.95. The molecule has 0 aromatic heterocycles. The minimum Gasteiger partial charge on any atom is -0.366 e. The molecule has 0 heterocycles. The van der Waals surface area contributed by atoms with Gasteiger partial charge in [-0.05, 0) is 23.3 Å². The molecule has 0 atom stereocenters. The highest BCUT2D eigenvalue weighted by atomic mass is 16.6. The van der Waals surface area contributed by atoms with Gasteiger partial charge in [-0.25, -0.2) is 0 Å². The van der Waals surface area contributed by atoms with Gasteiger partial charge in [-0.15, -0.1) is 0 Å². The van der Waals surface area contributed by atoms with Crippen molar-refractivity contribution in [2.45, 2.75) is 6.42 Å². The van der Waals surface area contributed by atoms with Crippen LogP contribution in [0.15, 0.2) is 60.3 Å². The monoisotopic (exact) mass is 282 g/mol. The molecule has 0 saturated carbocycles. The fraction of sp³-hybridized carbons (Fsp3) is 0.0625. The van der Waals surface area contributed by atoms with Crippen LogP contribution >= 0.6 is 0 Å². The number of nitro groups is 1. The van der Waals surface area contributed by atoms with Gasteiger partial charge in [0.2, 0.25) is 5.91 Å². The lowest BCUT2D eigenvalue weighted by molar-refractivity contribution is -0.425. The second-order valence-corrected chi connectivity index (χ2v) is 4.54. The topological polar surface area (TPSA) is 86.2 Å². The maximum absolute atomic E-state index is 11.1. The number of hydrogen-bond donors (Lipinski definition) is 1. The van der Waals surface area contributed by atoms with E-state index >= 15 is 0 Å². The van der Waals surface area contributed by atoms with E-state index in [0.29, 0.717) is 11.1 Å². The first-order chi connectivity index (χ1) is 10.1. The van der Waals surface area contributed by atoms with Crippen molar-refractivity contribution in [1.82, 2.24) is 0 Å². The summed E-state index contributed by atoms with van der Waals surface area (Å²) in [7, 11) is 0. The Morgan fingerprint density at radius 1 is 1.10 bits per heavy atom. The first kappa shape index (κ1) is 14.5. The summed E-state index contributed by atoms with van der Waals surface area (Å²) in [4.78, 5) is 21.7. The van der Waals surface area contributed by atoms with Crippen molar-refractivity contribution >= 4 is 12.0 Å². The van der Waals surface area contributed by atoms with Gasteiger partial charge in [0.25, 0.3) is 5.70 Å². The number of carbonyl (C=O) groups excluding carboxylic acids is 1. The summed E-state index contributed by atoms with van der Waals surface area (Å²) in [6.07, 6.45) is 1.74. The average molecular weight is 282 g/mol. The molecule has 2 rings (SSSR count). The molecule has 0 fully saturated rings. The third-order valence-corrected chi connectivity index (χ3v) is 2.99. The number of benzene rings is 2. The molecule has 0 aliphatic carbocycles. The van der Waals surface area contributed by atoms with E-state index in [0.717, 1.165) is 5.56 Å². The second-order valence-electron chi connectivity index (χ2n) is 4.54. The van der Waals surface area contributed by atoms with Crippen LogP contribution in [0.4, 0.5) is 0 Å². The van der Waals surface area contributed by atoms with Crippen molar-refractivity contribution in [3.05, 3.63) is 87.1 Å². The molecule has 21 heavy (non-hydrogen) atoms. The molecule has 0 bridgehead atoms. The molecule has 0 aliphatic rings. The van der Waals surface area contributed by atoms with Gasteiger partial charge >= 0.3 is 0 Å². The highest BCUT2D eigenvalue weighted by molar-refractivity contribution is 5.92. The number of nitrogens with two attached hydrogens (primary N) is 1. The summed E-state index contributed by atoms with van der Waals surface area (Å²) in [5.41, 5.74) is 7.14. The molecular weight excluding hydrogens is 268 g/mol. The fourth-order valence-electron chi connectivity index (χ4n) is 1.91. The van der Waals surface area contributed by atoms with E-state index in [1.165, 1.54) is 6.08 Å². The van der Waals surface area contributed by atoms with Gasteiger partial charge in [0.05, 0.1) is 11.3 Å². The minimum absolute atomic E-state index is 0.0908. The Balaban J connectivity index is 2.25. The lowest BCUT2D eigenvalue weighted by atomic mass is 10.1. The zero-order valence-electron chi connectivity index (χ0n) is 11.2.